The summed E-state index contributed by atoms with van der Waals surface area (Å²) in [5, 5.41) is 1.29. The topological polar surface area (TPSA) is 30.7 Å². The zero-order valence-electron chi connectivity index (χ0n) is 9.56. The number of aryl methyl sites for hydroxylation is 1. The van der Waals surface area contributed by atoms with Crippen LogP contribution >= 0.6 is 11.6 Å². The molecule has 0 saturated carbocycles. The van der Waals surface area contributed by atoms with E-state index in [1.54, 1.807) is 28.8 Å². The van der Waals surface area contributed by atoms with Crippen molar-refractivity contribution in [2.24, 2.45) is 7.05 Å². The Morgan fingerprint density at radius 1 is 1.22 bits per heavy atom. The molecule has 0 spiro atoms. The summed E-state index contributed by atoms with van der Waals surface area (Å²) < 4.78 is 15.5. The lowest BCUT2D eigenvalue weighted by atomic mass is 10.1. The van der Waals surface area contributed by atoms with Gasteiger partial charge in [0.15, 0.2) is 0 Å². The van der Waals surface area contributed by atoms with E-state index in [2.05, 4.69) is 9.97 Å². The molecule has 0 radical (unpaired) electrons. The second-order valence-electron chi connectivity index (χ2n) is 3.97. The van der Waals surface area contributed by atoms with Crippen LogP contribution in [0, 0.1) is 5.82 Å². The maximum absolute atomic E-state index is 13.8. The van der Waals surface area contributed by atoms with E-state index in [1.807, 2.05) is 7.05 Å². The number of hydrogen-bond donors (Lipinski definition) is 0. The van der Waals surface area contributed by atoms with E-state index in [-0.39, 0.29) is 5.82 Å². The minimum atomic E-state index is -0.308. The van der Waals surface area contributed by atoms with Crippen molar-refractivity contribution in [1.82, 2.24) is 14.5 Å². The molecule has 0 aliphatic heterocycles. The van der Waals surface area contributed by atoms with E-state index in [0.29, 0.717) is 22.1 Å². The second-order valence-corrected chi connectivity index (χ2v) is 4.35. The van der Waals surface area contributed by atoms with Crippen molar-refractivity contribution in [3.05, 3.63) is 47.6 Å². The molecule has 2 aromatic heterocycles. The number of nitrogens with zero attached hydrogens (tertiary/aromatic N) is 3. The summed E-state index contributed by atoms with van der Waals surface area (Å²) in [7, 11) is 1.81. The third-order valence-corrected chi connectivity index (χ3v) is 3.26. The summed E-state index contributed by atoms with van der Waals surface area (Å²) in [5.74, 6) is -0.308. The molecule has 5 heteroatoms. The molecule has 0 fully saturated rings. The molecule has 0 aliphatic carbocycles. The van der Waals surface area contributed by atoms with Crippen molar-refractivity contribution in [2.75, 3.05) is 0 Å². The summed E-state index contributed by atoms with van der Waals surface area (Å²) in [6.07, 6.45) is 1.42. The van der Waals surface area contributed by atoms with Crippen molar-refractivity contribution >= 4 is 22.6 Å². The predicted molar refractivity (Wildman–Crippen MR) is 68.9 cm³/mol. The maximum atomic E-state index is 13.8. The normalized spacial score (nSPS) is 11.1. The van der Waals surface area contributed by atoms with Gasteiger partial charge < -0.3 is 4.57 Å². The molecule has 0 bridgehead atoms. The van der Waals surface area contributed by atoms with Gasteiger partial charge in [0.05, 0.1) is 5.69 Å². The van der Waals surface area contributed by atoms with Crippen LogP contribution in [0.15, 0.2) is 36.7 Å². The molecule has 0 atom stereocenters. The van der Waals surface area contributed by atoms with Crippen LogP contribution in [-0.2, 0) is 7.05 Å². The van der Waals surface area contributed by atoms with Crippen LogP contribution in [0.2, 0.25) is 5.15 Å². The zero-order valence-corrected chi connectivity index (χ0v) is 10.3. The minimum Gasteiger partial charge on any atom is -0.319 e. The molecule has 18 heavy (non-hydrogen) atoms. The van der Waals surface area contributed by atoms with Gasteiger partial charge in [0.2, 0.25) is 0 Å². The van der Waals surface area contributed by atoms with E-state index >= 15 is 0 Å². The number of fused-ring (bicyclic) bond motifs is 1. The van der Waals surface area contributed by atoms with E-state index in [1.165, 1.54) is 12.4 Å². The van der Waals surface area contributed by atoms with Gasteiger partial charge in [-0.2, -0.15) is 0 Å². The molecule has 1 aromatic carbocycles. The van der Waals surface area contributed by atoms with Crippen molar-refractivity contribution in [2.45, 2.75) is 0 Å². The van der Waals surface area contributed by atoms with E-state index in [0.717, 1.165) is 5.39 Å². The predicted octanol–water partition coefficient (Wildman–Crippen LogP) is 3.43. The molecule has 3 aromatic rings. The first-order valence-corrected chi connectivity index (χ1v) is 5.77. The van der Waals surface area contributed by atoms with E-state index in [4.69, 9.17) is 11.6 Å². The molecule has 3 nitrogen and oxygen atoms in total. The summed E-state index contributed by atoms with van der Waals surface area (Å²) >= 11 is 6.05. The van der Waals surface area contributed by atoms with Crippen LogP contribution in [-0.4, -0.2) is 14.5 Å². The largest absolute Gasteiger partial charge is 0.319 e. The lowest BCUT2D eigenvalue weighted by molar-refractivity contribution is 0.631. The van der Waals surface area contributed by atoms with Crippen LogP contribution in [0.1, 0.15) is 0 Å². The maximum Gasteiger partial charge on any atom is 0.144 e. The lowest BCUT2D eigenvalue weighted by Crippen LogP contribution is -1.93. The van der Waals surface area contributed by atoms with Gasteiger partial charge in [-0.1, -0.05) is 23.7 Å². The SMILES string of the molecule is Cn1c(Cl)cc2c(-c3ccccc3F)ncnc21. The van der Waals surface area contributed by atoms with Crippen molar-refractivity contribution in [1.29, 1.82) is 0 Å². The Hall–Kier alpha value is -1.94. The van der Waals surface area contributed by atoms with Crippen LogP contribution in [0.5, 0.6) is 0 Å². The minimum absolute atomic E-state index is 0.308. The van der Waals surface area contributed by atoms with Gasteiger partial charge in [0, 0.05) is 18.0 Å². The van der Waals surface area contributed by atoms with E-state index < -0.39 is 0 Å². The highest BCUT2D eigenvalue weighted by atomic mass is 35.5. The number of benzene rings is 1. The molecule has 2 heterocycles. The van der Waals surface area contributed by atoms with E-state index in [9.17, 15) is 4.39 Å². The molecule has 3 rings (SSSR count). The fourth-order valence-corrected chi connectivity index (χ4v) is 2.16. The van der Waals surface area contributed by atoms with Gasteiger partial charge in [-0.05, 0) is 18.2 Å². The average molecular weight is 262 g/mol. The summed E-state index contributed by atoms with van der Waals surface area (Å²) in [6.45, 7) is 0. The first-order chi connectivity index (χ1) is 8.68. The van der Waals surface area contributed by atoms with Crippen molar-refractivity contribution in [3.63, 3.8) is 0 Å². The van der Waals surface area contributed by atoms with Crippen LogP contribution in [0.25, 0.3) is 22.3 Å². The van der Waals surface area contributed by atoms with Crippen molar-refractivity contribution in [3.8, 4) is 11.3 Å². The summed E-state index contributed by atoms with van der Waals surface area (Å²) in [4.78, 5) is 8.33. The molecule has 0 aliphatic rings. The molecular formula is C13H9ClFN3. The molecule has 90 valence electrons. The summed E-state index contributed by atoms with van der Waals surface area (Å²) in [6, 6.07) is 8.27. The number of hydrogen-bond acceptors (Lipinski definition) is 2. The molecule has 0 saturated heterocycles. The van der Waals surface area contributed by atoms with Gasteiger partial charge in [-0.25, -0.2) is 14.4 Å². The lowest BCUT2D eigenvalue weighted by Gasteiger charge is -2.03. The van der Waals surface area contributed by atoms with Crippen LogP contribution in [0.3, 0.4) is 0 Å². The van der Waals surface area contributed by atoms with Gasteiger partial charge >= 0.3 is 0 Å². The van der Waals surface area contributed by atoms with Gasteiger partial charge in [0.25, 0.3) is 0 Å². The monoisotopic (exact) mass is 261 g/mol. The van der Waals surface area contributed by atoms with Crippen LogP contribution < -0.4 is 0 Å². The Balaban J connectivity index is 2.37. The van der Waals surface area contributed by atoms with Gasteiger partial charge in [-0.15, -0.1) is 0 Å². The number of rotatable bonds is 1. The second kappa shape index (κ2) is 4.07. The molecule has 0 amide bonds. The van der Waals surface area contributed by atoms with Crippen molar-refractivity contribution < 1.29 is 4.39 Å². The zero-order chi connectivity index (χ0) is 12.7. The Morgan fingerprint density at radius 3 is 2.78 bits per heavy atom. The number of aromatic nitrogens is 3. The highest BCUT2D eigenvalue weighted by Crippen LogP contribution is 2.30. The fourth-order valence-electron chi connectivity index (χ4n) is 1.97. The summed E-state index contributed by atoms with van der Waals surface area (Å²) in [5.41, 5.74) is 1.70. The first-order valence-electron chi connectivity index (χ1n) is 5.39. The smallest absolute Gasteiger partial charge is 0.144 e. The average Bonchev–Trinajstić information content (AvgIpc) is 2.67. The Morgan fingerprint density at radius 2 is 2.00 bits per heavy atom. The van der Waals surface area contributed by atoms with Gasteiger partial charge in [0.1, 0.15) is 22.9 Å². The Labute approximate surface area is 108 Å². The number of halogens is 2. The Kier molecular flexibility index (Phi) is 2.52. The molecule has 0 unspecified atom stereocenters. The third-order valence-electron chi connectivity index (χ3n) is 2.89. The van der Waals surface area contributed by atoms with Crippen LogP contribution in [0.4, 0.5) is 4.39 Å². The molecular weight excluding hydrogens is 253 g/mol. The highest BCUT2D eigenvalue weighted by molar-refractivity contribution is 6.31. The quantitative estimate of drug-likeness (QED) is 0.672. The first kappa shape index (κ1) is 11.2. The third kappa shape index (κ3) is 1.57. The highest BCUT2D eigenvalue weighted by Gasteiger charge is 2.14. The van der Waals surface area contributed by atoms with Gasteiger partial charge in [-0.3, -0.25) is 0 Å². The molecule has 0 N–H and O–H groups in total. The Bertz CT molecular complexity index is 736. The standard InChI is InChI=1S/C13H9ClFN3/c1-18-11(14)6-9-12(16-7-17-13(9)18)8-4-2-3-5-10(8)15/h2-7H,1H3. The fraction of sp³-hybridized carbons (Fsp3) is 0.0769.